The van der Waals surface area contributed by atoms with Crippen LogP contribution >= 0.6 is 0 Å². The van der Waals surface area contributed by atoms with Crippen LogP contribution in [0.2, 0.25) is 0 Å². The number of esters is 1. The first-order valence-corrected chi connectivity index (χ1v) is 4.60. The SMILES string of the molecule is C/C=C(\O)C(=O)OCCCC(C)C. The molecule has 76 valence electrons. The molecule has 13 heavy (non-hydrogen) atoms. The molecule has 1 N–H and O–H groups in total. The predicted octanol–water partition coefficient (Wildman–Crippen LogP) is 2.43. The van der Waals surface area contributed by atoms with Gasteiger partial charge in [0.1, 0.15) is 0 Å². The van der Waals surface area contributed by atoms with Gasteiger partial charge in [-0.05, 0) is 31.8 Å². The number of carbonyl (C=O) groups excluding carboxylic acids is 1. The molecule has 0 saturated heterocycles. The van der Waals surface area contributed by atoms with E-state index in [-0.39, 0.29) is 5.76 Å². The molecule has 0 amide bonds. The van der Waals surface area contributed by atoms with Crippen molar-refractivity contribution >= 4 is 5.97 Å². The van der Waals surface area contributed by atoms with Gasteiger partial charge < -0.3 is 9.84 Å². The number of hydrogen-bond donors (Lipinski definition) is 1. The average molecular weight is 186 g/mol. The highest BCUT2D eigenvalue weighted by Gasteiger charge is 2.06. The largest absolute Gasteiger partial charge is 0.502 e. The second-order valence-corrected chi connectivity index (χ2v) is 3.35. The van der Waals surface area contributed by atoms with Crippen LogP contribution in [0.3, 0.4) is 0 Å². The minimum absolute atomic E-state index is 0.315. The summed E-state index contributed by atoms with van der Waals surface area (Å²) in [5.41, 5.74) is 0. The molecule has 0 aromatic carbocycles. The maximum absolute atomic E-state index is 10.9. The van der Waals surface area contributed by atoms with Crippen molar-refractivity contribution in [3.05, 3.63) is 11.8 Å². The molecule has 0 atom stereocenters. The summed E-state index contributed by atoms with van der Waals surface area (Å²) in [4.78, 5) is 10.9. The van der Waals surface area contributed by atoms with Gasteiger partial charge in [0.25, 0.3) is 0 Å². The fourth-order valence-electron chi connectivity index (χ4n) is 0.848. The molecule has 3 nitrogen and oxygen atoms in total. The average Bonchev–Trinajstić information content (AvgIpc) is 2.10. The van der Waals surface area contributed by atoms with Crippen LogP contribution in [0.1, 0.15) is 33.6 Å². The number of carbonyl (C=O) groups is 1. The Bertz CT molecular complexity index is 183. The van der Waals surface area contributed by atoms with Crippen LogP contribution in [0.4, 0.5) is 0 Å². The molecule has 0 fully saturated rings. The molecule has 0 spiro atoms. The molecule has 0 aliphatic rings. The van der Waals surface area contributed by atoms with Crippen molar-refractivity contribution < 1.29 is 14.6 Å². The maximum Gasteiger partial charge on any atom is 0.373 e. The van der Waals surface area contributed by atoms with Crippen molar-refractivity contribution in [3.63, 3.8) is 0 Å². The lowest BCUT2D eigenvalue weighted by atomic mass is 10.1. The number of rotatable bonds is 5. The third-order valence-corrected chi connectivity index (χ3v) is 1.64. The fraction of sp³-hybridized carbons (Fsp3) is 0.700. The first-order chi connectivity index (χ1) is 6.07. The van der Waals surface area contributed by atoms with E-state index in [0.717, 1.165) is 12.8 Å². The Labute approximate surface area is 79.4 Å². The Hall–Kier alpha value is -0.990. The molecule has 0 aliphatic carbocycles. The molecule has 0 saturated carbocycles. The number of aliphatic hydroxyl groups excluding tert-OH is 1. The Kier molecular flexibility index (Phi) is 6.02. The summed E-state index contributed by atoms with van der Waals surface area (Å²) in [6, 6.07) is 0. The second-order valence-electron chi connectivity index (χ2n) is 3.35. The van der Waals surface area contributed by atoms with Crippen molar-refractivity contribution in [3.8, 4) is 0 Å². The molecular weight excluding hydrogens is 168 g/mol. The first kappa shape index (κ1) is 12.0. The lowest BCUT2D eigenvalue weighted by molar-refractivity contribution is -0.142. The van der Waals surface area contributed by atoms with Crippen LogP contribution in [0.25, 0.3) is 0 Å². The highest BCUT2D eigenvalue weighted by atomic mass is 16.5. The van der Waals surface area contributed by atoms with Gasteiger partial charge in [-0.15, -0.1) is 0 Å². The zero-order valence-electron chi connectivity index (χ0n) is 8.54. The van der Waals surface area contributed by atoms with Crippen LogP contribution in [-0.2, 0) is 9.53 Å². The zero-order chi connectivity index (χ0) is 10.3. The maximum atomic E-state index is 10.9. The van der Waals surface area contributed by atoms with Gasteiger partial charge >= 0.3 is 5.97 Å². The van der Waals surface area contributed by atoms with E-state index in [0.29, 0.717) is 12.5 Å². The smallest absolute Gasteiger partial charge is 0.373 e. The van der Waals surface area contributed by atoms with E-state index in [4.69, 9.17) is 9.84 Å². The molecule has 0 aromatic rings. The molecule has 0 aromatic heterocycles. The number of allylic oxidation sites excluding steroid dienone is 1. The van der Waals surface area contributed by atoms with Gasteiger partial charge in [-0.2, -0.15) is 0 Å². The van der Waals surface area contributed by atoms with Crippen molar-refractivity contribution in [2.45, 2.75) is 33.6 Å². The topological polar surface area (TPSA) is 46.5 Å². The van der Waals surface area contributed by atoms with Crippen LogP contribution in [0.15, 0.2) is 11.8 Å². The van der Waals surface area contributed by atoms with Gasteiger partial charge in [0.05, 0.1) is 6.61 Å². The molecule has 0 rings (SSSR count). The van der Waals surface area contributed by atoms with E-state index in [2.05, 4.69) is 13.8 Å². The van der Waals surface area contributed by atoms with Crippen molar-refractivity contribution in [1.29, 1.82) is 0 Å². The van der Waals surface area contributed by atoms with Crippen molar-refractivity contribution in [2.24, 2.45) is 5.92 Å². The first-order valence-electron chi connectivity index (χ1n) is 4.60. The Balaban J connectivity index is 3.49. The van der Waals surface area contributed by atoms with Gasteiger partial charge in [-0.1, -0.05) is 13.8 Å². The highest BCUT2D eigenvalue weighted by molar-refractivity contribution is 5.85. The van der Waals surface area contributed by atoms with Gasteiger partial charge in [0, 0.05) is 0 Å². The van der Waals surface area contributed by atoms with Crippen LogP contribution in [0, 0.1) is 5.92 Å². The lowest BCUT2D eigenvalue weighted by Crippen LogP contribution is -2.08. The number of aliphatic hydroxyl groups is 1. The van der Waals surface area contributed by atoms with E-state index in [9.17, 15) is 4.79 Å². The van der Waals surface area contributed by atoms with E-state index >= 15 is 0 Å². The van der Waals surface area contributed by atoms with Gasteiger partial charge in [0.15, 0.2) is 5.76 Å². The fourth-order valence-corrected chi connectivity index (χ4v) is 0.848. The molecule has 0 heterocycles. The van der Waals surface area contributed by atoms with Gasteiger partial charge in [0.2, 0.25) is 0 Å². The minimum atomic E-state index is -0.633. The summed E-state index contributed by atoms with van der Waals surface area (Å²) in [5, 5.41) is 8.92. The normalized spacial score (nSPS) is 11.8. The van der Waals surface area contributed by atoms with Gasteiger partial charge in [-0.3, -0.25) is 0 Å². The van der Waals surface area contributed by atoms with Crippen molar-refractivity contribution in [1.82, 2.24) is 0 Å². The lowest BCUT2D eigenvalue weighted by Gasteiger charge is -2.05. The number of ether oxygens (including phenoxy) is 1. The summed E-state index contributed by atoms with van der Waals surface area (Å²) in [7, 11) is 0. The zero-order valence-corrected chi connectivity index (χ0v) is 8.54. The predicted molar refractivity (Wildman–Crippen MR) is 51.4 cm³/mol. The summed E-state index contributed by atoms with van der Waals surface area (Å²) in [5.74, 6) is -0.329. The molecule has 0 aliphatic heterocycles. The van der Waals surface area contributed by atoms with E-state index in [1.54, 1.807) is 6.92 Å². The summed E-state index contributed by atoms with van der Waals surface area (Å²) in [6.45, 7) is 6.20. The molecule has 0 unspecified atom stereocenters. The molecule has 3 heteroatoms. The molecule has 0 bridgehead atoms. The quantitative estimate of drug-likeness (QED) is 0.310. The summed E-state index contributed by atoms with van der Waals surface area (Å²) < 4.78 is 4.79. The van der Waals surface area contributed by atoms with Crippen LogP contribution in [0.5, 0.6) is 0 Å². The summed E-state index contributed by atoms with van der Waals surface area (Å²) >= 11 is 0. The van der Waals surface area contributed by atoms with Crippen LogP contribution in [-0.4, -0.2) is 17.7 Å². The minimum Gasteiger partial charge on any atom is -0.502 e. The Morgan fingerprint density at radius 2 is 2.15 bits per heavy atom. The second kappa shape index (κ2) is 6.52. The third-order valence-electron chi connectivity index (χ3n) is 1.64. The van der Waals surface area contributed by atoms with E-state index in [1.165, 1.54) is 6.08 Å². The standard InChI is InChI=1S/C10H18O3/c1-4-9(11)10(12)13-7-5-6-8(2)3/h4,8,11H,5-7H2,1-3H3/b9-4-. The van der Waals surface area contributed by atoms with Crippen LogP contribution < -0.4 is 0 Å². The highest BCUT2D eigenvalue weighted by Crippen LogP contribution is 2.04. The van der Waals surface area contributed by atoms with Gasteiger partial charge in [-0.25, -0.2) is 4.79 Å². The number of hydrogen-bond acceptors (Lipinski definition) is 3. The Morgan fingerprint density at radius 1 is 1.54 bits per heavy atom. The monoisotopic (exact) mass is 186 g/mol. The van der Waals surface area contributed by atoms with E-state index < -0.39 is 5.97 Å². The van der Waals surface area contributed by atoms with E-state index in [1.807, 2.05) is 0 Å². The molecule has 0 radical (unpaired) electrons. The summed E-state index contributed by atoms with van der Waals surface area (Å²) in [6.07, 6.45) is 3.20. The Morgan fingerprint density at radius 3 is 2.62 bits per heavy atom. The van der Waals surface area contributed by atoms with Crippen molar-refractivity contribution in [2.75, 3.05) is 6.61 Å². The molecular formula is C10H18O3. The third kappa shape index (κ3) is 6.20.